The molecule has 0 unspecified atom stereocenters. The van der Waals surface area contributed by atoms with E-state index in [0.717, 1.165) is 16.8 Å². The van der Waals surface area contributed by atoms with Gasteiger partial charge >= 0.3 is 5.97 Å². The third-order valence-corrected chi connectivity index (χ3v) is 6.03. The Labute approximate surface area is 198 Å². The minimum atomic E-state index is -0.874. The van der Waals surface area contributed by atoms with Crippen LogP contribution in [0.3, 0.4) is 0 Å². The van der Waals surface area contributed by atoms with Gasteiger partial charge in [-0.1, -0.05) is 55.5 Å². The fraction of sp³-hybridized carbons (Fsp3) is 0.259. The topological polar surface area (TPSA) is 94.4 Å². The SMILES string of the molecule is C[C@@H](CN[C@H](c1ccccc1F)[C@H]1CNc2cccc(C#N)c2O1)c1cccc(CC(=O)O)c1. The van der Waals surface area contributed by atoms with E-state index >= 15 is 0 Å². The van der Waals surface area contributed by atoms with Crippen molar-refractivity contribution in [2.45, 2.75) is 31.4 Å². The number of aliphatic carboxylic acids is 1. The van der Waals surface area contributed by atoms with Crippen molar-refractivity contribution < 1.29 is 19.0 Å². The van der Waals surface area contributed by atoms with Gasteiger partial charge in [-0.15, -0.1) is 0 Å². The van der Waals surface area contributed by atoms with Crippen LogP contribution in [0.2, 0.25) is 0 Å². The largest absolute Gasteiger partial charge is 0.483 e. The van der Waals surface area contributed by atoms with Crippen LogP contribution in [0.15, 0.2) is 66.7 Å². The molecule has 1 heterocycles. The van der Waals surface area contributed by atoms with Crippen molar-refractivity contribution in [1.29, 1.82) is 5.26 Å². The molecular formula is C27H26FN3O3. The molecule has 0 bridgehead atoms. The zero-order chi connectivity index (χ0) is 24.1. The molecule has 6 nitrogen and oxygen atoms in total. The maximum absolute atomic E-state index is 14.8. The van der Waals surface area contributed by atoms with Crippen LogP contribution in [0.4, 0.5) is 10.1 Å². The lowest BCUT2D eigenvalue weighted by molar-refractivity contribution is -0.136. The first-order valence-electron chi connectivity index (χ1n) is 11.2. The Morgan fingerprint density at radius 3 is 2.79 bits per heavy atom. The van der Waals surface area contributed by atoms with Crippen LogP contribution < -0.4 is 15.4 Å². The number of carbonyl (C=O) groups is 1. The number of carboxylic acids is 1. The number of anilines is 1. The number of carboxylic acid groups (broad SMARTS) is 1. The van der Waals surface area contributed by atoms with Gasteiger partial charge in [0, 0.05) is 12.1 Å². The highest BCUT2D eigenvalue weighted by Gasteiger charge is 2.32. The molecule has 0 radical (unpaired) electrons. The highest BCUT2D eigenvalue weighted by atomic mass is 19.1. The lowest BCUT2D eigenvalue weighted by Crippen LogP contribution is -2.44. The number of hydrogen-bond acceptors (Lipinski definition) is 5. The van der Waals surface area contributed by atoms with Gasteiger partial charge in [-0.3, -0.25) is 4.79 Å². The molecule has 0 aliphatic carbocycles. The Kier molecular flexibility index (Phi) is 7.09. The maximum atomic E-state index is 14.8. The van der Waals surface area contributed by atoms with Crippen LogP contribution >= 0.6 is 0 Å². The number of ether oxygens (including phenoxy) is 1. The first-order valence-corrected chi connectivity index (χ1v) is 11.2. The fourth-order valence-electron chi connectivity index (χ4n) is 4.26. The first kappa shape index (κ1) is 23.3. The van der Waals surface area contributed by atoms with E-state index in [1.54, 1.807) is 36.4 Å². The highest BCUT2D eigenvalue weighted by Crippen LogP contribution is 2.36. The number of nitriles is 1. The zero-order valence-electron chi connectivity index (χ0n) is 18.8. The molecular weight excluding hydrogens is 433 g/mol. The molecule has 0 saturated carbocycles. The second kappa shape index (κ2) is 10.4. The molecule has 0 fully saturated rings. The zero-order valence-corrected chi connectivity index (χ0v) is 18.8. The lowest BCUT2D eigenvalue weighted by Gasteiger charge is -2.35. The summed E-state index contributed by atoms with van der Waals surface area (Å²) in [5.74, 6) is -0.694. The maximum Gasteiger partial charge on any atom is 0.307 e. The molecule has 7 heteroatoms. The standard InChI is InChI=1S/C27H26FN3O3/c1-17(19-7-4-6-18(12-19)13-25(32)33)15-31-26(21-9-2-3-10-22(21)28)24-16-30-23-11-5-8-20(14-29)27(23)34-24/h2-12,17,24,26,30-31H,13,15-16H2,1H3,(H,32,33)/t17-,24+,26+/m0/s1. The Balaban J connectivity index is 1.57. The molecule has 1 aliphatic rings. The Bertz CT molecular complexity index is 1220. The fourth-order valence-corrected chi connectivity index (χ4v) is 4.26. The van der Waals surface area contributed by atoms with Gasteiger partial charge in [0.05, 0.1) is 30.3 Å². The van der Waals surface area contributed by atoms with Crippen molar-refractivity contribution >= 4 is 11.7 Å². The van der Waals surface area contributed by atoms with Crippen molar-refractivity contribution in [1.82, 2.24) is 5.32 Å². The Hall–Kier alpha value is -3.89. The van der Waals surface area contributed by atoms with Gasteiger partial charge in [0.25, 0.3) is 0 Å². The molecule has 0 amide bonds. The van der Waals surface area contributed by atoms with Gasteiger partial charge in [0.1, 0.15) is 18.0 Å². The van der Waals surface area contributed by atoms with Crippen LogP contribution in [0, 0.1) is 17.1 Å². The molecule has 1 aliphatic heterocycles. The van der Waals surface area contributed by atoms with Gasteiger partial charge in [-0.2, -0.15) is 5.26 Å². The number of halogens is 1. The minimum Gasteiger partial charge on any atom is -0.483 e. The number of benzene rings is 3. The van der Waals surface area contributed by atoms with E-state index in [9.17, 15) is 14.4 Å². The third kappa shape index (κ3) is 5.19. The van der Waals surface area contributed by atoms with Crippen LogP contribution in [0.1, 0.15) is 41.1 Å². The monoisotopic (exact) mass is 459 g/mol. The van der Waals surface area contributed by atoms with Crippen LogP contribution in [-0.2, 0) is 11.2 Å². The Morgan fingerprint density at radius 2 is 2.03 bits per heavy atom. The van der Waals surface area contributed by atoms with Crippen molar-refractivity contribution in [3.05, 3.63) is 94.8 Å². The predicted molar refractivity (Wildman–Crippen MR) is 127 cm³/mol. The Morgan fingerprint density at radius 1 is 1.24 bits per heavy atom. The van der Waals surface area contributed by atoms with Crippen molar-refractivity contribution in [2.75, 3.05) is 18.4 Å². The summed E-state index contributed by atoms with van der Waals surface area (Å²) in [5.41, 5.74) is 3.39. The number of nitrogens with zero attached hydrogens (tertiary/aromatic N) is 1. The molecule has 3 aromatic carbocycles. The summed E-state index contributed by atoms with van der Waals surface area (Å²) in [7, 11) is 0. The molecule has 0 saturated heterocycles. The lowest BCUT2D eigenvalue weighted by atomic mass is 9.95. The van der Waals surface area contributed by atoms with Crippen molar-refractivity contribution in [3.8, 4) is 11.8 Å². The minimum absolute atomic E-state index is 0.0337. The van der Waals surface area contributed by atoms with E-state index in [1.165, 1.54) is 6.07 Å². The van der Waals surface area contributed by atoms with E-state index in [2.05, 4.69) is 16.7 Å². The summed E-state index contributed by atoms with van der Waals surface area (Å²) < 4.78 is 21.1. The van der Waals surface area contributed by atoms with Gasteiger partial charge < -0.3 is 20.5 Å². The summed E-state index contributed by atoms with van der Waals surface area (Å²) >= 11 is 0. The van der Waals surface area contributed by atoms with Crippen molar-refractivity contribution in [3.63, 3.8) is 0 Å². The van der Waals surface area contributed by atoms with E-state index in [-0.39, 0.29) is 18.2 Å². The molecule has 3 atom stereocenters. The molecule has 3 aromatic rings. The quantitative estimate of drug-likeness (QED) is 0.455. The molecule has 3 N–H and O–H groups in total. The average Bonchev–Trinajstić information content (AvgIpc) is 2.84. The molecule has 34 heavy (non-hydrogen) atoms. The summed E-state index contributed by atoms with van der Waals surface area (Å²) in [6, 6.07) is 21.1. The summed E-state index contributed by atoms with van der Waals surface area (Å²) in [6.07, 6.45) is -0.488. The average molecular weight is 460 g/mol. The second-order valence-corrected chi connectivity index (χ2v) is 8.46. The number of hydrogen-bond donors (Lipinski definition) is 3. The van der Waals surface area contributed by atoms with E-state index in [4.69, 9.17) is 9.84 Å². The molecule has 0 spiro atoms. The predicted octanol–water partition coefficient (Wildman–Crippen LogP) is 4.63. The second-order valence-electron chi connectivity index (χ2n) is 8.46. The summed E-state index contributed by atoms with van der Waals surface area (Å²) in [5, 5.41) is 25.4. The van der Waals surface area contributed by atoms with Gasteiger partial charge in [0.2, 0.25) is 0 Å². The van der Waals surface area contributed by atoms with Crippen LogP contribution in [0.25, 0.3) is 0 Å². The van der Waals surface area contributed by atoms with Crippen LogP contribution in [-0.4, -0.2) is 30.3 Å². The molecule has 0 aromatic heterocycles. The van der Waals surface area contributed by atoms with Crippen molar-refractivity contribution in [2.24, 2.45) is 0 Å². The summed E-state index contributed by atoms with van der Waals surface area (Å²) in [4.78, 5) is 11.1. The van der Waals surface area contributed by atoms with Crippen LogP contribution in [0.5, 0.6) is 5.75 Å². The van der Waals surface area contributed by atoms with E-state index in [0.29, 0.717) is 30.0 Å². The van der Waals surface area contributed by atoms with Gasteiger partial charge in [0.15, 0.2) is 5.75 Å². The highest BCUT2D eigenvalue weighted by molar-refractivity contribution is 5.70. The number of para-hydroxylation sites is 1. The van der Waals surface area contributed by atoms with Gasteiger partial charge in [-0.25, -0.2) is 4.39 Å². The number of nitrogens with one attached hydrogen (secondary N) is 2. The first-order chi connectivity index (χ1) is 16.5. The number of rotatable bonds is 8. The number of fused-ring (bicyclic) bond motifs is 1. The normalized spacial score (nSPS) is 16.3. The summed E-state index contributed by atoms with van der Waals surface area (Å²) in [6.45, 7) is 2.99. The van der Waals surface area contributed by atoms with E-state index in [1.807, 2.05) is 31.2 Å². The third-order valence-electron chi connectivity index (χ3n) is 6.03. The van der Waals surface area contributed by atoms with Gasteiger partial charge in [-0.05, 0) is 35.2 Å². The smallest absolute Gasteiger partial charge is 0.307 e. The van der Waals surface area contributed by atoms with E-state index < -0.39 is 18.1 Å². The molecule has 4 rings (SSSR count). The molecule has 174 valence electrons.